The average molecular weight is 326 g/mol. The number of benzene rings is 2. The Morgan fingerprint density at radius 3 is 2.17 bits per heavy atom. The van der Waals surface area contributed by atoms with E-state index in [9.17, 15) is 14.4 Å². The number of amides is 2. The van der Waals surface area contributed by atoms with Crippen LogP contribution in [0.5, 0.6) is 0 Å². The number of anilines is 1. The molecule has 0 saturated carbocycles. The lowest BCUT2D eigenvalue weighted by atomic mass is 10.1. The van der Waals surface area contributed by atoms with Gasteiger partial charge in [0.2, 0.25) is 0 Å². The van der Waals surface area contributed by atoms with Crippen molar-refractivity contribution in [3.05, 3.63) is 65.7 Å². The van der Waals surface area contributed by atoms with Crippen molar-refractivity contribution in [3.8, 4) is 0 Å². The highest BCUT2D eigenvalue weighted by Gasteiger charge is 2.13. The summed E-state index contributed by atoms with van der Waals surface area (Å²) < 4.78 is 0. The third kappa shape index (κ3) is 4.67. The van der Waals surface area contributed by atoms with Crippen molar-refractivity contribution in [1.29, 1.82) is 0 Å². The topological polar surface area (TPSA) is 86.7 Å². The van der Waals surface area contributed by atoms with Crippen LogP contribution in [0.25, 0.3) is 0 Å². The van der Waals surface area contributed by atoms with Crippen LogP contribution in [0.3, 0.4) is 0 Å². The molecular weight excluding hydrogens is 308 g/mol. The van der Waals surface area contributed by atoms with Crippen molar-refractivity contribution in [2.45, 2.75) is 6.42 Å². The molecule has 0 heterocycles. The third-order valence-corrected chi connectivity index (χ3v) is 3.43. The molecule has 6 nitrogen and oxygen atoms in total. The van der Waals surface area contributed by atoms with E-state index in [0.717, 1.165) is 0 Å². The predicted octanol–water partition coefficient (Wildman–Crippen LogP) is 2.49. The molecule has 0 aliphatic heterocycles. The van der Waals surface area contributed by atoms with E-state index < -0.39 is 5.97 Å². The first-order valence-electron chi connectivity index (χ1n) is 7.41. The summed E-state index contributed by atoms with van der Waals surface area (Å²) in [5.41, 5.74) is 1.56. The maximum Gasteiger partial charge on any atom is 0.305 e. The molecule has 0 radical (unpaired) electrons. The number of rotatable bonds is 6. The Morgan fingerprint density at radius 2 is 1.58 bits per heavy atom. The zero-order valence-corrected chi connectivity index (χ0v) is 13.2. The highest BCUT2D eigenvalue weighted by Crippen LogP contribution is 2.13. The molecule has 24 heavy (non-hydrogen) atoms. The largest absolute Gasteiger partial charge is 0.481 e. The molecule has 2 aromatic rings. The molecule has 0 aliphatic rings. The van der Waals surface area contributed by atoms with Gasteiger partial charge in [0.05, 0.1) is 6.42 Å². The van der Waals surface area contributed by atoms with Crippen LogP contribution in [-0.2, 0) is 4.79 Å². The maximum absolute atomic E-state index is 12.2. The lowest BCUT2D eigenvalue weighted by Gasteiger charge is -2.16. The second-order valence-corrected chi connectivity index (χ2v) is 5.27. The van der Waals surface area contributed by atoms with Gasteiger partial charge in [-0.05, 0) is 36.4 Å². The van der Waals surface area contributed by atoms with Gasteiger partial charge in [-0.15, -0.1) is 0 Å². The van der Waals surface area contributed by atoms with E-state index in [0.29, 0.717) is 16.8 Å². The van der Waals surface area contributed by atoms with E-state index in [2.05, 4.69) is 5.32 Å². The van der Waals surface area contributed by atoms with Crippen LogP contribution in [-0.4, -0.2) is 41.4 Å². The molecule has 6 heteroatoms. The summed E-state index contributed by atoms with van der Waals surface area (Å²) in [6.45, 7) is 0.140. The second kappa shape index (κ2) is 7.92. The normalized spacial score (nSPS) is 10.0. The van der Waals surface area contributed by atoms with E-state index in [-0.39, 0.29) is 24.8 Å². The van der Waals surface area contributed by atoms with Crippen molar-refractivity contribution in [3.63, 3.8) is 0 Å². The SMILES string of the molecule is CN(CCC(=O)O)C(=O)c1ccc(NC(=O)c2ccccc2)cc1. The molecule has 0 fully saturated rings. The zero-order valence-electron chi connectivity index (χ0n) is 13.2. The van der Waals surface area contributed by atoms with E-state index in [4.69, 9.17) is 5.11 Å². The molecule has 2 rings (SSSR count). The molecule has 0 atom stereocenters. The van der Waals surface area contributed by atoms with Gasteiger partial charge in [-0.2, -0.15) is 0 Å². The van der Waals surface area contributed by atoms with E-state index >= 15 is 0 Å². The molecule has 2 aromatic carbocycles. The Labute approximate surface area is 139 Å². The number of hydrogen-bond donors (Lipinski definition) is 2. The van der Waals surface area contributed by atoms with Gasteiger partial charge < -0.3 is 15.3 Å². The van der Waals surface area contributed by atoms with Crippen LogP contribution in [0.2, 0.25) is 0 Å². The standard InChI is InChI=1S/C18H18N2O4/c1-20(12-11-16(21)22)18(24)14-7-9-15(10-8-14)19-17(23)13-5-3-2-4-6-13/h2-10H,11-12H2,1H3,(H,19,23)(H,21,22). The Bertz CT molecular complexity index is 726. The number of carbonyl (C=O) groups excluding carboxylic acids is 2. The molecule has 2 amide bonds. The highest BCUT2D eigenvalue weighted by molar-refractivity contribution is 6.04. The molecule has 0 saturated heterocycles. The summed E-state index contributed by atoms with van der Waals surface area (Å²) in [6, 6.07) is 15.3. The van der Waals surface area contributed by atoms with Gasteiger partial charge in [-0.1, -0.05) is 18.2 Å². The van der Waals surface area contributed by atoms with Crippen molar-refractivity contribution >= 4 is 23.5 Å². The summed E-state index contributed by atoms with van der Waals surface area (Å²) in [4.78, 5) is 36.1. The molecule has 0 bridgehead atoms. The van der Waals surface area contributed by atoms with Gasteiger partial charge in [0.25, 0.3) is 11.8 Å². The number of hydrogen-bond acceptors (Lipinski definition) is 3. The molecule has 0 unspecified atom stereocenters. The fourth-order valence-corrected chi connectivity index (χ4v) is 2.07. The van der Waals surface area contributed by atoms with Crippen LogP contribution in [0.4, 0.5) is 5.69 Å². The van der Waals surface area contributed by atoms with Crippen LogP contribution in [0, 0.1) is 0 Å². The van der Waals surface area contributed by atoms with Crippen molar-refractivity contribution < 1.29 is 19.5 Å². The Balaban J connectivity index is 1.98. The number of carbonyl (C=O) groups is 3. The van der Waals surface area contributed by atoms with Gasteiger partial charge >= 0.3 is 5.97 Å². The van der Waals surface area contributed by atoms with E-state index in [1.165, 1.54) is 4.90 Å². The monoisotopic (exact) mass is 326 g/mol. The van der Waals surface area contributed by atoms with Gasteiger partial charge in [-0.25, -0.2) is 0 Å². The molecular formula is C18H18N2O4. The lowest BCUT2D eigenvalue weighted by Crippen LogP contribution is -2.29. The van der Waals surface area contributed by atoms with E-state index in [1.54, 1.807) is 55.6 Å². The van der Waals surface area contributed by atoms with Crippen LogP contribution < -0.4 is 5.32 Å². The van der Waals surface area contributed by atoms with Gasteiger partial charge in [0, 0.05) is 30.4 Å². The van der Waals surface area contributed by atoms with Crippen molar-refractivity contribution in [2.75, 3.05) is 18.9 Å². The Morgan fingerprint density at radius 1 is 0.958 bits per heavy atom. The number of nitrogens with zero attached hydrogens (tertiary/aromatic N) is 1. The summed E-state index contributed by atoms with van der Waals surface area (Å²) >= 11 is 0. The van der Waals surface area contributed by atoms with Crippen LogP contribution >= 0.6 is 0 Å². The zero-order chi connectivity index (χ0) is 17.5. The van der Waals surface area contributed by atoms with Crippen LogP contribution in [0.15, 0.2) is 54.6 Å². The summed E-state index contributed by atoms with van der Waals surface area (Å²) in [5, 5.41) is 11.4. The lowest BCUT2D eigenvalue weighted by molar-refractivity contribution is -0.137. The smallest absolute Gasteiger partial charge is 0.305 e. The molecule has 2 N–H and O–H groups in total. The fraction of sp³-hybridized carbons (Fsp3) is 0.167. The summed E-state index contributed by atoms with van der Waals surface area (Å²) in [7, 11) is 1.55. The molecule has 0 spiro atoms. The predicted molar refractivity (Wildman–Crippen MR) is 90.1 cm³/mol. The molecule has 0 aliphatic carbocycles. The number of carboxylic acids is 1. The first kappa shape index (κ1) is 17.2. The minimum absolute atomic E-state index is 0.104. The third-order valence-electron chi connectivity index (χ3n) is 3.43. The van der Waals surface area contributed by atoms with Crippen molar-refractivity contribution in [2.24, 2.45) is 0 Å². The number of nitrogens with one attached hydrogen (secondary N) is 1. The Hall–Kier alpha value is -3.15. The van der Waals surface area contributed by atoms with E-state index in [1.807, 2.05) is 6.07 Å². The second-order valence-electron chi connectivity index (χ2n) is 5.27. The minimum Gasteiger partial charge on any atom is -0.481 e. The molecule has 0 aromatic heterocycles. The Kier molecular flexibility index (Phi) is 5.68. The van der Waals surface area contributed by atoms with Crippen molar-refractivity contribution in [1.82, 2.24) is 4.90 Å². The first-order valence-corrected chi connectivity index (χ1v) is 7.41. The molecule has 124 valence electrons. The number of aliphatic carboxylic acids is 1. The summed E-state index contributed by atoms with van der Waals surface area (Å²) in [5.74, 6) is -1.45. The number of carboxylic acid groups (broad SMARTS) is 1. The van der Waals surface area contributed by atoms with Gasteiger partial charge in [0.1, 0.15) is 0 Å². The quantitative estimate of drug-likeness (QED) is 0.854. The summed E-state index contributed by atoms with van der Waals surface area (Å²) in [6.07, 6.45) is -0.104. The van der Waals surface area contributed by atoms with Crippen LogP contribution in [0.1, 0.15) is 27.1 Å². The highest BCUT2D eigenvalue weighted by atomic mass is 16.4. The average Bonchev–Trinajstić information content (AvgIpc) is 2.60. The van der Waals surface area contributed by atoms with Gasteiger partial charge in [0.15, 0.2) is 0 Å². The first-order chi connectivity index (χ1) is 11.5. The fourth-order valence-electron chi connectivity index (χ4n) is 2.07. The maximum atomic E-state index is 12.2. The minimum atomic E-state index is -0.950. The van der Waals surface area contributed by atoms with Gasteiger partial charge in [-0.3, -0.25) is 14.4 Å².